The molecule has 4 rings (SSSR count). The molecule has 1 aliphatic rings. The predicted molar refractivity (Wildman–Crippen MR) is 116 cm³/mol. The van der Waals surface area contributed by atoms with Crippen LogP contribution in [0.3, 0.4) is 0 Å². The van der Waals surface area contributed by atoms with Gasteiger partial charge in [0.15, 0.2) is 0 Å². The summed E-state index contributed by atoms with van der Waals surface area (Å²) in [5, 5.41) is 10.7. The topological polar surface area (TPSA) is 85.2 Å². The highest BCUT2D eigenvalue weighted by molar-refractivity contribution is 6.33. The van der Waals surface area contributed by atoms with E-state index in [2.05, 4.69) is 15.7 Å². The van der Waals surface area contributed by atoms with Crippen molar-refractivity contribution in [2.45, 2.75) is 25.8 Å². The minimum absolute atomic E-state index is 0.0447. The summed E-state index contributed by atoms with van der Waals surface area (Å²) >= 11 is 6.11. The van der Waals surface area contributed by atoms with Crippen LogP contribution in [0, 0.1) is 0 Å². The number of carbonyl (C=O) groups is 2. The molecule has 2 aromatic carbocycles. The third-order valence-corrected chi connectivity index (χ3v) is 5.39. The van der Waals surface area contributed by atoms with Crippen LogP contribution >= 0.6 is 11.6 Å². The van der Waals surface area contributed by atoms with Gasteiger partial charge in [0.1, 0.15) is 17.6 Å². The molecular formula is C22H21ClN4O3. The Bertz CT molecular complexity index is 1110. The fourth-order valence-corrected chi connectivity index (χ4v) is 3.75. The van der Waals surface area contributed by atoms with Crippen molar-refractivity contribution in [1.29, 1.82) is 0 Å². The molecule has 0 saturated carbocycles. The number of amides is 2. The second-order valence-electron chi connectivity index (χ2n) is 6.93. The fraction of sp³-hybridized carbons (Fsp3) is 0.227. The second kappa shape index (κ2) is 8.20. The van der Waals surface area contributed by atoms with Gasteiger partial charge in [-0.1, -0.05) is 42.8 Å². The Morgan fingerprint density at radius 2 is 1.97 bits per heavy atom. The molecule has 154 valence electrons. The molecule has 0 radical (unpaired) electrons. The average Bonchev–Trinajstić information content (AvgIpc) is 3.25. The van der Waals surface area contributed by atoms with Gasteiger partial charge >= 0.3 is 0 Å². The number of aromatic nitrogens is 2. The lowest BCUT2D eigenvalue weighted by atomic mass is 10.0. The second-order valence-corrected chi connectivity index (χ2v) is 7.34. The van der Waals surface area contributed by atoms with Crippen molar-refractivity contribution in [3.8, 4) is 16.9 Å². The summed E-state index contributed by atoms with van der Waals surface area (Å²) < 4.78 is 6.84. The van der Waals surface area contributed by atoms with Gasteiger partial charge < -0.3 is 15.4 Å². The van der Waals surface area contributed by atoms with Crippen LogP contribution in [0.2, 0.25) is 5.02 Å². The van der Waals surface area contributed by atoms with Gasteiger partial charge in [-0.05, 0) is 36.2 Å². The van der Waals surface area contributed by atoms with Gasteiger partial charge in [0.25, 0.3) is 5.91 Å². The normalized spacial score (nSPS) is 14.9. The van der Waals surface area contributed by atoms with Crippen LogP contribution in [0.1, 0.15) is 25.1 Å². The number of benzene rings is 2. The van der Waals surface area contributed by atoms with E-state index in [1.54, 1.807) is 36.1 Å². The van der Waals surface area contributed by atoms with E-state index in [-0.39, 0.29) is 18.2 Å². The van der Waals surface area contributed by atoms with Crippen LogP contribution in [0.5, 0.6) is 5.75 Å². The molecule has 2 heterocycles. The molecule has 3 aromatic rings. The number of rotatable bonds is 6. The number of ether oxygens (including phenoxy) is 1. The Kier molecular flexibility index (Phi) is 5.46. The maximum Gasteiger partial charge on any atom is 0.251 e. The molecule has 0 spiro atoms. The lowest BCUT2D eigenvalue weighted by molar-refractivity contribution is -0.123. The number of carbonyl (C=O) groups excluding carboxylic acids is 2. The van der Waals surface area contributed by atoms with Gasteiger partial charge in [0.05, 0.1) is 29.9 Å². The molecule has 0 fully saturated rings. The Hall–Kier alpha value is -3.32. The van der Waals surface area contributed by atoms with Gasteiger partial charge in [0, 0.05) is 5.56 Å². The summed E-state index contributed by atoms with van der Waals surface area (Å²) in [6.45, 7) is 2.01. The number of halogens is 1. The van der Waals surface area contributed by atoms with Crippen LogP contribution in [0.25, 0.3) is 11.1 Å². The van der Waals surface area contributed by atoms with Crippen LogP contribution in [-0.2, 0) is 16.0 Å². The van der Waals surface area contributed by atoms with E-state index < -0.39 is 6.04 Å². The van der Waals surface area contributed by atoms with Crippen molar-refractivity contribution in [2.24, 2.45) is 0 Å². The standard InChI is InChI=1S/C22H21ClN4O3/c1-3-16-20(13-8-10-14(30-2)11-9-13)21-25-22(29)18(27(21)26-16)12-19(28)24-17-7-5-4-6-15(17)23/h4-11,18H,3,12H2,1-2H3,(H,24,28)(H,25,29). The van der Waals surface area contributed by atoms with E-state index in [0.717, 1.165) is 22.6 Å². The quantitative estimate of drug-likeness (QED) is 0.618. The van der Waals surface area contributed by atoms with E-state index in [1.165, 1.54) is 0 Å². The number of anilines is 2. The number of para-hydroxylation sites is 1. The van der Waals surface area contributed by atoms with Crippen LogP contribution < -0.4 is 15.4 Å². The number of nitrogens with one attached hydrogen (secondary N) is 2. The molecule has 1 aliphatic heterocycles. The summed E-state index contributed by atoms with van der Waals surface area (Å²) in [4.78, 5) is 25.2. The molecule has 0 aliphatic carbocycles. The van der Waals surface area contributed by atoms with Crippen LogP contribution in [0.4, 0.5) is 11.5 Å². The zero-order valence-corrected chi connectivity index (χ0v) is 17.4. The van der Waals surface area contributed by atoms with Crippen molar-refractivity contribution in [2.75, 3.05) is 17.7 Å². The summed E-state index contributed by atoms with van der Waals surface area (Å²) in [5.74, 6) is 0.788. The molecule has 1 unspecified atom stereocenters. The number of fused-ring (bicyclic) bond motifs is 1. The highest BCUT2D eigenvalue weighted by Gasteiger charge is 2.36. The number of hydrogen-bond donors (Lipinski definition) is 2. The van der Waals surface area contributed by atoms with E-state index in [1.807, 2.05) is 31.2 Å². The predicted octanol–water partition coefficient (Wildman–Crippen LogP) is 4.30. The van der Waals surface area contributed by atoms with Crippen molar-refractivity contribution < 1.29 is 14.3 Å². The molecular weight excluding hydrogens is 404 g/mol. The van der Waals surface area contributed by atoms with Gasteiger partial charge in [0.2, 0.25) is 5.91 Å². The monoisotopic (exact) mass is 424 g/mol. The fourth-order valence-electron chi connectivity index (χ4n) is 3.56. The Morgan fingerprint density at radius 1 is 1.23 bits per heavy atom. The van der Waals surface area contributed by atoms with Crippen molar-refractivity contribution in [3.05, 3.63) is 59.2 Å². The minimum Gasteiger partial charge on any atom is -0.497 e. The van der Waals surface area contributed by atoms with Gasteiger partial charge in [-0.25, -0.2) is 4.68 Å². The summed E-state index contributed by atoms with van der Waals surface area (Å²) in [6, 6.07) is 13.8. The molecule has 7 nitrogen and oxygen atoms in total. The lowest BCUT2D eigenvalue weighted by Gasteiger charge is -2.11. The first-order valence-corrected chi connectivity index (χ1v) is 10.0. The summed E-state index contributed by atoms with van der Waals surface area (Å²) in [7, 11) is 1.61. The molecule has 0 saturated heterocycles. The van der Waals surface area contributed by atoms with Gasteiger partial charge in [-0.2, -0.15) is 5.10 Å². The molecule has 1 atom stereocenters. The highest BCUT2D eigenvalue weighted by atomic mass is 35.5. The SMILES string of the molecule is CCc1nn2c(c1-c1ccc(OC)cc1)NC(=O)C2CC(=O)Nc1ccccc1Cl. The molecule has 8 heteroatoms. The van der Waals surface area contributed by atoms with E-state index in [4.69, 9.17) is 16.3 Å². The number of aryl methyl sites for hydroxylation is 1. The molecule has 0 bridgehead atoms. The maximum atomic E-state index is 12.6. The van der Waals surface area contributed by atoms with E-state index >= 15 is 0 Å². The summed E-state index contributed by atoms with van der Waals surface area (Å²) in [5.41, 5.74) is 3.15. The smallest absolute Gasteiger partial charge is 0.251 e. The highest BCUT2D eigenvalue weighted by Crippen LogP contribution is 2.39. The molecule has 2 N–H and O–H groups in total. The lowest BCUT2D eigenvalue weighted by Crippen LogP contribution is -2.24. The Balaban J connectivity index is 1.61. The Labute approximate surface area is 179 Å². The first-order valence-electron chi connectivity index (χ1n) is 9.62. The van der Waals surface area contributed by atoms with Crippen molar-refractivity contribution in [3.63, 3.8) is 0 Å². The van der Waals surface area contributed by atoms with Gasteiger partial charge in [-0.15, -0.1) is 0 Å². The maximum absolute atomic E-state index is 12.6. The molecule has 1 aromatic heterocycles. The first-order chi connectivity index (χ1) is 14.5. The molecule has 2 amide bonds. The third kappa shape index (κ3) is 3.64. The molecule has 30 heavy (non-hydrogen) atoms. The largest absolute Gasteiger partial charge is 0.497 e. The van der Waals surface area contributed by atoms with Crippen LogP contribution in [-0.4, -0.2) is 28.7 Å². The minimum atomic E-state index is -0.722. The third-order valence-electron chi connectivity index (χ3n) is 5.06. The zero-order valence-electron chi connectivity index (χ0n) is 16.6. The van der Waals surface area contributed by atoms with Crippen LogP contribution in [0.15, 0.2) is 48.5 Å². The van der Waals surface area contributed by atoms with E-state index in [0.29, 0.717) is 22.9 Å². The van der Waals surface area contributed by atoms with Gasteiger partial charge in [-0.3, -0.25) is 9.59 Å². The summed E-state index contributed by atoms with van der Waals surface area (Å²) in [6.07, 6.45) is 0.646. The number of nitrogens with zero attached hydrogens (tertiary/aromatic N) is 2. The first kappa shape index (κ1) is 20.0. The Morgan fingerprint density at radius 3 is 2.63 bits per heavy atom. The average molecular weight is 425 g/mol. The zero-order chi connectivity index (χ0) is 21.3. The van der Waals surface area contributed by atoms with Crippen molar-refractivity contribution >= 4 is 34.9 Å². The van der Waals surface area contributed by atoms with Crippen molar-refractivity contribution in [1.82, 2.24) is 9.78 Å². The number of hydrogen-bond acceptors (Lipinski definition) is 4. The van der Waals surface area contributed by atoms with E-state index in [9.17, 15) is 9.59 Å². The number of methoxy groups -OCH3 is 1.